The maximum Gasteiger partial charge on any atom is 0.322 e. The molecular formula is C18H28FN4O4S+. The summed E-state index contributed by atoms with van der Waals surface area (Å²) in [5.74, 6) is -1.21. The number of benzene rings is 1. The Kier molecular flexibility index (Phi) is 6.79. The summed E-state index contributed by atoms with van der Waals surface area (Å²) in [5.41, 5.74) is -0.465. The number of nitrogens with zero attached hydrogens (tertiary/aromatic N) is 1. The fraction of sp³-hybridized carbons (Fsp3) is 0.556. The number of carbonyl (C=O) groups excluding carboxylic acids is 2. The molecule has 28 heavy (non-hydrogen) atoms. The molecule has 0 spiro atoms. The van der Waals surface area contributed by atoms with Crippen LogP contribution >= 0.6 is 0 Å². The second-order valence-electron chi connectivity index (χ2n) is 7.91. The Morgan fingerprint density at radius 3 is 2.29 bits per heavy atom. The van der Waals surface area contributed by atoms with Crippen molar-refractivity contribution in [3.05, 3.63) is 30.1 Å². The first kappa shape index (κ1) is 22.3. The van der Waals surface area contributed by atoms with Crippen molar-refractivity contribution < 1.29 is 27.3 Å². The van der Waals surface area contributed by atoms with E-state index in [1.54, 1.807) is 27.7 Å². The number of amides is 3. The van der Waals surface area contributed by atoms with Gasteiger partial charge >= 0.3 is 6.03 Å². The Hall–Kier alpha value is -2.04. The summed E-state index contributed by atoms with van der Waals surface area (Å²) >= 11 is 0. The van der Waals surface area contributed by atoms with Gasteiger partial charge in [-0.15, -0.1) is 0 Å². The number of imide groups is 1. The van der Waals surface area contributed by atoms with Gasteiger partial charge in [-0.3, -0.25) is 10.1 Å². The minimum absolute atomic E-state index is 0.164. The van der Waals surface area contributed by atoms with Gasteiger partial charge in [0, 0.05) is 5.54 Å². The quantitative estimate of drug-likeness (QED) is 0.630. The molecule has 0 aromatic heterocycles. The zero-order chi connectivity index (χ0) is 21.1. The first-order chi connectivity index (χ1) is 12.9. The van der Waals surface area contributed by atoms with E-state index in [-0.39, 0.29) is 18.0 Å². The van der Waals surface area contributed by atoms with Crippen molar-refractivity contribution in [3.63, 3.8) is 0 Å². The summed E-state index contributed by atoms with van der Waals surface area (Å²) in [6.45, 7) is 8.20. The molecule has 1 aliphatic heterocycles. The van der Waals surface area contributed by atoms with Gasteiger partial charge in [-0.1, -0.05) is 12.1 Å². The van der Waals surface area contributed by atoms with Crippen molar-refractivity contribution in [2.75, 3.05) is 26.2 Å². The van der Waals surface area contributed by atoms with Crippen LogP contribution in [0.3, 0.4) is 0 Å². The maximum absolute atomic E-state index is 13.9. The zero-order valence-corrected chi connectivity index (χ0v) is 17.4. The number of piperazine rings is 1. The first-order valence-corrected chi connectivity index (χ1v) is 10.6. The number of hydrogen-bond acceptors (Lipinski definition) is 4. The molecule has 1 aromatic rings. The van der Waals surface area contributed by atoms with Crippen molar-refractivity contribution >= 4 is 22.0 Å². The number of urea groups is 1. The normalized spacial score (nSPS) is 17.8. The van der Waals surface area contributed by atoms with Gasteiger partial charge in [0.05, 0.1) is 26.2 Å². The molecule has 1 saturated heterocycles. The Morgan fingerprint density at radius 2 is 1.75 bits per heavy atom. The number of quaternary nitrogens is 1. The summed E-state index contributed by atoms with van der Waals surface area (Å²) in [4.78, 5) is 24.7. The topological polar surface area (TPSA) is 100 Å². The number of hydrogen-bond donors (Lipinski definition) is 3. The summed E-state index contributed by atoms with van der Waals surface area (Å²) in [6.07, 6.45) is 0. The van der Waals surface area contributed by atoms with Crippen LogP contribution < -0.4 is 15.5 Å². The molecule has 1 heterocycles. The van der Waals surface area contributed by atoms with E-state index in [4.69, 9.17) is 0 Å². The molecule has 1 aliphatic rings. The lowest BCUT2D eigenvalue weighted by atomic mass is 10.1. The Labute approximate surface area is 165 Å². The molecule has 0 radical (unpaired) electrons. The third-order valence-electron chi connectivity index (χ3n) is 4.55. The summed E-state index contributed by atoms with van der Waals surface area (Å²) < 4.78 is 40.4. The van der Waals surface area contributed by atoms with Gasteiger partial charge in [0.15, 0.2) is 6.04 Å². The molecular weight excluding hydrogens is 387 g/mol. The standard InChI is InChI=1S/C18H27FN4O4S/c1-13(16(24)20-17(25)21-18(2,3)4)22-9-11-23(12-10-22)28(26,27)15-8-6-5-7-14(15)19/h5-8,13H,9-12H2,1-4H3,(H2,20,21,24,25)/p+1/t13-/m1/s1. The van der Waals surface area contributed by atoms with Crippen molar-refractivity contribution in [3.8, 4) is 0 Å². The van der Waals surface area contributed by atoms with Crippen LogP contribution in [0.5, 0.6) is 0 Å². The van der Waals surface area contributed by atoms with Gasteiger partial charge in [0.1, 0.15) is 10.7 Å². The number of rotatable bonds is 4. The molecule has 0 aliphatic carbocycles. The van der Waals surface area contributed by atoms with Crippen molar-refractivity contribution in [2.24, 2.45) is 0 Å². The van der Waals surface area contributed by atoms with E-state index in [1.807, 2.05) is 0 Å². The van der Waals surface area contributed by atoms with Crippen molar-refractivity contribution in [1.82, 2.24) is 14.9 Å². The number of sulfonamides is 1. The second-order valence-corrected chi connectivity index (χ2v) is 9.81. The fourth-order valence-electron chi connectivity index (χ4n) is 3.02. The average molecular weight is 416 g/mol. The highest BCUT2D eigenvalue weighted by Crippen LogP contribution is 2.18. The molecule has 0 unspecified atom stereocenters. The van der Waals surface area contributed by atoms with E-state index in [9.17, 15) is 22.4 Å². The lowest BCUT2D eigenvalue weighted by Gasteiger charge is -2.34. The fourth-order valence-corrected chi connectivity index (χ4v) is 4.52. The van der Waals surface area contributed by atoms with Crippen LogP contribution in [0.25, 0.3) is 0 Å². The molecule has 2 rings (SSSR count). The summed E-state index contributed by atoms with van der Waals surface area (Å²) in [5, 5.41) is 4.97. The molecule has 3 N–H and O–H groups in total. The highest BCUT2D eigenvalue weighted by Gasteiger charge is 2.35. The molecule has 3 amide bonds. The van der Waals surface area contributed by atoms with Crippen LogP contribution in [0.15, 0.2) is 29.2 Å². The number of halogens is 1. The minimum Gasteiger partial charge on any atom is -0.333 e. The Bertz CT molecular complexity index is 830. The molecule has 0 bridgehead atoms. The van der Waals surface area contributed by atoms with Crippen LogP contribution in [0.1, 0.15) is 27.7 Å². The molecule has 0 saturated carbocycles. The summed E-state index contributed by atoms with van der Waals surface area (Å²) in [6, 6.07) is 4.18. The Morgan fingerprint density at radius 1 is 1.18 bits per heavy atom. The number of nitrogens with one attached hydrogen (secondary N) is 3. The first-order valence-electron chi connectivity index (χ1n) is 9.14. The van der Waals surface area contributed by atoms with Crippen molar-refractivity contribution in [1.29, 1.82) is 0 Å². The van der Waals surface area contributed by atoms with E-state index >= 15 is 0 Å². The van der Waals surface area contributed by atoms with Gasteiger partial charge in [-0.2, -0.15) is 4.31 Å². The molecule has 10 heteroatoms. The molecule has 156 valence electrons. The average Bonchev–Trinajstić information content (AvgIpc) is 2.59. The van der Waals surface area contributed by atoms with Crippen LogP contribution in [-0.2, 0) is 14.8 Å². The smallest absolute Gasteiger partial charge is 0.322 e. The largest absolute Gasteiger partial charge is 0.333 e. The molecule has 1 fully saturated rings. The van der Waals surface area contributed by atoms with E-state index in [0.29, 0.717) is 13.1 Å². The molecule has 8 nitrogen and oxygen atoms in total. The maximum atomic E-state index is 13.9. The lowest BCUT2D eigenvalue weighted by molar-refractivity contribution is -0.917. The van der Waals surface area contributed by atoms with Crippen LogP contribution in [0, 0.1) is 5.82 Å². The van der Waals surface area contributed by atoms with Crippen LogP contribution in [-0.4, -0.2) is 62.4 Å². The third-order valence-corrected chi connectivity index (χ3v) is 6.48. The zero-order valence-electron chi connectivity index (χ0n) is 16.6. The van der Waals surface area contributed by atoms with Crippen LogP contribution in [0.2, 0.25) is 0 Å². The molecule has 1 atom stereocenters. The van der Waals surface area contributed by atoms with Crippen LogP contribution in [0.4, 0.5) is 9.18 Å². The second kappa shape index (κ2) is 8.54. The summed E-state index contributed by atoms with van der Waals surface area (Å²) in [7, 11) is -3.92. The third kappa shape index (κ3) is 5.49. The van der Waals surface area contributed by atoms with E-state index in [2.05, 4.69) is 10.6 Å². The van der Waals surface area contributed by atoms with Gasteiger partial charge in [0.25, 0.3) is 5.91 Å². The highest BCUT2D eigenvalue weighted by molar-refractivity contribution is 7.89. The van der Waals surface area contributed by atoms with E-state index in [1.165, 1.54) is 22.5 Å². The number of carbonyl (C=O) groups is 2. The Balaban J connectivity index is 1.95. The van der Waals surface area contributed by atoms with Gasteiger partial charge in [-0.25, -0.2) is 17.6 Å². The van der Waals surface area contributed by atoms with E-state index in [0.717, 1.165) is 11.0 Å². The molecule has 1 aromatic carbocycles. The minimum atomic E-state index is -3.92. The predicted octanol–water partition coefficient (Wildman–Crippen LogP) is -0.272. The predicted molar refractivity (Wildman–Crippen MR) is 102 cm³/mol. The SMILES string of the molecule is C[C@H](C(=O)NC(=O)NC(C)(C)C)[NH+]1CCN(S(=O)(=O)c2ccccc2F)CC1. The lowest BCUT2D eigenvalue weighted by Crippen LogP contribution is -3.19. The van der Waals surface area contributed by atoms with E-state index < -0.39 is 39.4 Å². The van der Waals surface area contributed by atoms with Gasteiger partial charge < -0.3 is 10.2 Å². The van der Waals surface area contributed by atoms with Gasteiger partial charge in [-0.05, 0) is 39.8 Å². The monoisotopic (exact) mass is 415 g/mol. The van der Waals surface area contributed by atoms with Crippen molar-refractivity contribution in [2.45, 2.75) is 44.2 Å². The highest BCUT2D eigenvalue weighted by atomic mass is 32.2. The van der Waals surface area contributed by atoms with Gasteiger partial charge in [0.2, 0.25) is 10.0 Å².